The van der Waals surface area contributed by atoms with Gasteiger partial charge in [-0.15, -0.1) is 9.89 Å². The van der Waals surface area contributed by atoms with Gasteiger partial charge in [-0.05, 0) is 114 Å². The molecule has 3 N–H and O–H groups in total. The third kappa shape index (κ3) is 11.4. The molecule has 18 heteroatoms. The Kier molecular flexibility index (Phi) is 15.8. The molecule has 0 radical (unpaired) electrons. The van der Waals surface area contributed by atoms with Gasteiger partial charge in [0.1, 0.15) is 11.5 Å². The zero-order chi connectivity index (χ0) is 49.2. The first kappa shape index (κ1) is 52.0. The molecule has 4 atom stereocenters. The van der Waals surface area contributed by atoms with Gasteiger partial charge >= 0.3 is 0 Å². The lowest BCUT2D eigenvalue weighted by molar-refractivity contribution is -0.127. The largest absolute Gasteiger partial charge is 0.481 e. The summed E-state index contributed by atoms with van der Waals surface area (Å²) in [4.78, 5) is 21.9. The highest BCUT2D eigenvalue weighted by Gasteiger charge is 2.52. The van der Waals surface area contributed by atoms with Crippen molar-refractivity contribution in [1.82, 2.24) is 24.9 Å². The number of carbonyl (C=O) groups is 1. The zero-order valence-corrected chi connectivity index (χ0v) is 43.1. The Morgan fingerprint density at radius 2 is 1.64 bits per heavy atom. The predicted molar refractivity (Wildman–Crippen MR) is 269 cm³/mol. The lowest BCUT2D eigenvalue weighted by Crippen LogP contribution is -2.51. The number of para-hydroxylation sites is 1. The monoisotopic (exact) mass is 965 g/mol. The molecule has 2 heterocycles. The van der Waals surface area contributed by atoms with E-state index in [9.17, 15) is 22.8 Å². The number of anilines is 2. The van der Waals surface area contributed by atoms with Crippen LogP contribution in [0.5, 0.6) is 11.5 Å². The number of amides is 1. The highest BCUT2D eigenvalue weighted by molar-refractivity contribution is 7.99. The van der Waals surface area contributed by atoms with Crippen LogP contribution < -0.4 is 29.3 Å². The summed E-state index contributed by atoms with van der Waals surface area (Å²) in [5, 5.41) is 22.0. The summed E-state index contributed by atoms with van der Waals surface area (Å²) in [5.74, 6) is 4.55. The van der Waals surface area contributed by atoms with Gasteiger partial charge in [0.25, 0.3) is 11.9 Å². The number of amidine groups is 1. The maximum absolute atomic E-state index is 13.6. The van der Waals surface area contributed by atoms with Crippen LogP contribution in [0.25, 0.3) is 0 Å². The maximum atomic E-state index is 13.6. The number of sulfonamides is 1. The first-order chi connectivity index (χ1) is 30.7. The molecule has 0 saturated carbocycles. The first-order valence-corrected chi connectivity index (χ1v) is 26.7. The summed E-state index contributed by atoms with van der Waals surface area (Å²) in [5.41, 5.74) is 4.43. The van der Waals surface area contributed by atoms with Crippen molar-refractivity contribution >= 4 is 66.0 Å². The second-order valence-corrected chi connectivity index (χ2v) is 23.3. The summed E-state index contributed by atoms with van der Waals surface area (Å²) in [6, 6.07) is 18.1. The summed E-state index contributed by atoms with van der Waals surface area (Å²) in [6.45, 7) is 23.7. The van der Waals surface area contributed by atoms with Crippen LogP contribution in [-0.4, -0.2) is 95.8 Å². The van der Waals surface area contributed by atoms with Gasteiger partial charge in [0.15, 0.2) is 11.9 Å². The minimum atomic E-state index is -3.37. The molecule has 66 heavy (non-hydrogen) atoms. The van der Waals surface area contributed by atoms with E-state index >= 15 is 0 Å². The molecular weight excluding hydrogens is 898 g/mol. The van der Waals surface area contributed by atoms with Gasteiger partial charge in [-0.25, -0.2) is 18.1 Å². The standard InChI is InChI=1S/C48H68ClN9O6S2/c1-15-46(8,9)35-22-25-39(37(29-35)47(10,11)16-2)63-33(6)43(59)51-30-32(5)42-53-44-48(49,34(7)54-58(44)55-42)57(45(50)64-40-20-18-19-21-41(40)65(12,13)60)38-24-23-36(28-31(38)4)56(17-3)27-26-52-66(14,61)62/h18-25,28-29,32-33,50,52H,12,15-17,26-27,30H2,1-11,13-14H3,(H,51,59). The van der Waals surface area contributed by atoms with Gasteiger partial charge in [-0.3, -0.25) is 19.3 Å². The highest BCUT2D eigenvalue weighted by atomic mass is 35.5. The number of rotatable bonds is 20. The number of nitrogens with one attached hydrogen (secondary N) is 3. The van der Waals surface area contributed by atoms with Crippen molar-refractivity contribution in [3.05, 3.63) is 89.0 Å². The number of halogens is 1. The van der Waals surface area contributed by atoms with Crippen LogP contribution in [0.15, 0.2) is 70.7 Å². The van der Waals surface area contributed by atoms with E-state index in [1.807, 2.05) is 43.9 Å². The number of aromatic nitrogens is 3. The number of ether oxygens (including phenoxy) is 2. The molecule has 0 aliphatic carbocycles. The molecule has 3 aromatic carbocycles. The van der Waals surface area contributed by atoms with E-state index in [1.54, 1.807) is 44.2 Å². The quantitative estimate of drug-likeness (QED) is 0.0259. The fourth-order valence-corrected chi connectivity index (χ4v) is 9.21. The number of alkyl halides is 1. The van der Waals surface area contributed by atoms with Gasteiger partial charge in [0, 0.05) is 49.6 Å². The average Bonchev–Trinajstić information content (AvgIpc) is 3.77. The Balaban J connectivity index is 1.44. The topological polar surface area (TPSA) is 184 Å². The third-order valence-electron chi connectivity index (χ3n) is 12.5. The first-order valence-electron chi connectivity index (χ1n) is 22.3. The normalized spacial score (nSPS) is 17.0. The molecule has 1 aliphatic heterocycles. The number of benzene rings is 3. The van der Waals surface area contributed by atoms with Gasteiger partial charge in [0.2, 0.25) is 20.8 Å². The number of aryl methyl sites for hydroxylation is 1. The molecule has 4 unspecified atom stereocenters. The lowest BCUT2D eigenvalue weighted by atomic mass is 9.76. The molecular formula is C48H68ClN9O6S2. The number of likely N-dealkylation sites (N-methyl/N-ethyl adjacent to an activating group) is 1. The van der Waals surface area contributed by atoms with Crippen molar-refractivity contribution in [2.45, 2.75) is 122 Å². The van der Waals surface area contributed by atoms with E-state index in [2.05, 4.69) is 74.7 Å². The Labute approximate surface area is 397 Å². The summed E-state index contributed by atoms with van der Waals surface area (Å²) in [7, 11) is -6.14. The van der Waals surface area contributed by atoms with Crippen LogP contribution in [0.2, 0.25) is 0 Å². The summed E-state index contributed by atoms with van der Waals surface area (Å²) >= 11 is 7.74. The molecule has 0 fully saturated rings. The molecule has 1 aromatic heterocycles. The van der Waals surface area contributed by atoms with E-state index in [0.717, 1.165) is 30.3 Å². The number of carbonyl (C=O) groups excluding carboxylic acids is 1. The average molecular weight is 967 g/mol. The zero-order valence-electron chi connectivity index (χ0n) is 40.7. The van der Waals surface area contributed by atoms with Crippen LogP contribution in [0.3, 0.4) is 0 Å². The lowest BCUT2D eigenvalue weighted by Gasteiger charge is -2.37. The molecule has 4 aromatic rings. The number of fused-ring (bicyclic) bond motifs is 1. The van der Waals surface area contributed by atoms with E-state index < -0.39 is 42.6 Å². The highest BCUT2D eigenvalue weighted by Crippen LogP contribution is 2.44. The molecule has 360 valence electrons. The van der Waals surface area contributed by atoms with Crippen molar-refractivity contribution in [2.75, 3.05) is 48.5 Å². The minimum Gasteiger partial charge on any atom is -0.481 e. The number of hydrogen-bond donors (Lipinski definition) is 3. The molecule has 0 spiro atoms. The Hall–Kier alpha value is -4.97. The fourth-order valence-electron chi connectivity index (χ4n) is 7.53. The number of nitrogens with zero attached hydrogens (tertiary/aromatic N) is 6. The second-order valence-electron chi connectivity index (χ2n) is 18.5. The van der Waals surface area contributed by atoms with Gasteiger partial charge < -0.3 is 19.7 Å². The minimum absolute atomic E-state index is 0.0100. The van der Waals surface area contributed by atoms with Crippen molar-refractivity contribution in [3.63, 3.8) is 0 Å². The Morgan fingerprint density at radius 3 is 2.24 bits per heavy atom. The summed E-state index contributed by atoms with van der Waals surface area (Å²) in [6.07, 6.45) is 3.70. The van der Waals surface area contributed by atoms with Crippen LogP contribution >= 0.6 is 11.6 Å². The molecule has 1 amide bonds. The molecule has 0 bridgehead atoms. The van der Waals surface area contributed by atoms with Crippen LogP contribution in [0.1, 0.15) is 116 Å². The van der Waals surface area contributed by atoms with Crippen molar-refractivity contribution in [1.29, 1.82) is 5.41 Å². The SMILES string of the molecule is C=S(C)(=O)c1ccccc1OC(=N)N(c1ccc(N(CC)CCNS(C)(=O)=O)cc1C)C1(Cl)C(C)=Nn2nc(C(C)CNC(=O)C(C)Oc3ccc(C(C)(C)CC)cc3C(C)(C)CC)nc21. The smallest absolute Gasteiger partial charge is 0.296 e. The van der Waals surface area contributed by atoms with Crippen LogP contribution in [0.4, 0.5) is 11.4 Å². The maximum Gasteiger partial charge on any atom is 0.296 e. The van der Waals surface area contributed by atoms with Crippen LogP contribution in [-0.2, 0) is 40.2 Å². The van der Waals surface area contributed by atoms with Gasteiger partial charge in [-0.1, -0.05) is 84.3 Å². The van der Waals surface area contributed by atoms with Crippen LogP contribution in [0, 0.1) is 12.3 Å². The van der Waals surface area contributed by atoms with E-state index in [-0.39, 0.29) is 41.4 Å². The Bertz CT molecular complexity index is 2700. The molecule has 5 rings (SSSR count). The van der Waals surface area contributed by atoms with Gasteiger partial charge in [0.05, 0.1) is 22.6 Å². The van der Waals surface area contributed by atoms with E-state index in [1.165, 1.54) is 21.5 Å². The third-order valence-corrected chi connectivity index (χ3v) is 15.1. The molecule has 0 saturated heterocycles. The molecule has 15 nitrogen and oxygen atoms in total. The van der Waals surface area contributed by atoms with E-state index in [0.29, 0.717) is 46.5 Å². The second kappa shape index (κ2) is 20.1. The fraction of sp³-hybridized carbons (Fsp3) is 0.500. The molecule has 1 aliphatic rings. The Morgan fingerprint density at radius 1 is 0.970 bits per heavy atom. The van der Waals surface area contributed by atoms with Crippen molar-refractivity contribution in [3.8, 4) is 11.5 Å². The summed E-state index contributed by atoms with van der Waals surface area (Å²) < 4.78 is 52.0. The van der Waals surface area contributed by atoms with Gasteiger partial charge in [-0.2, -0.15) is 5.10 Å². The van der Waals surface area contributed by atoms with E-state index in [4.69, 9.17) is 31.2 Å². The van der Waals surface area contributed by atoms with Crippen molar-refractivity contribution in [2.24, 2.45) is 5.10 Å². The van der Waals surface area contributed by atoms with Crippen molar-refractivity contribution < 1.29 is 26.9 Å². The predicted octanol–water partition coefficient (Wildman–Crippen LogP) is 7.88. The number of hydrogen-bond acceptors (Lipinski definition) is 11.